The average Bonchev–Trinajstić information content (AvgIpc) is 2.33. The van der Waals surface area contributed by atoms with Gasteiger partial charge in [0.2, 0.25) is 0 Å². The molecule has 0 aliphatic carbocycles. The molecule has 2 N–H and O–H groups in total. The summed E-state index contributed by atoms with van der Waals surface area (Å²) in [5.41, 5.74) is 7.98. The van der Waals surface area contributed by atoms with Crippen LogP contribution in [0.15, 0.2) is 12.1 Å². The zero-order valence-corrected chi connectivity index (χ0v) is 11.1. The fourth-order valence-corrected chi connectivity index (χ4v) is 2.93. The lowest BCUT2D eigenvalue weighted by Crippen LogP contribution is -2.37. The van der Waals surface area contributed by atoms with Gasteiger partial charge in [-0.3, -0.25) is 0 Å². The summed E-state index contributed by atoms with van der Waals surface area (Å²) in [6.07, 6.45) is 3.12. The molecule has 0 amide bonds. The van der Waals surface area contributed by atoms with Crippen LogP contribution >= 0.6 is 11.6 Å². The molecule has 0 saturated heterocycles. The van der Waals surface area contributed by atoms with Crippen molar-refractivity contribution in [2.45, 2.75) is 25.3 Å². The van der Waals surface area contributed by atoms with E-state index < -0.39 is 0 Å². The number of halogens is 1. The molecule has 0 spiro atoms. The van der Waals surface area contributed by atoms with Crippen LogP contribution < -0.4 is 15.4 Å². The maximum absolute atomic E-state index is 6.30. The lowest BCUT2D eigenvalue weighted by Gasteiger charge is -2.37. The summed E-state index contributed by atoms with van der Waals surface area (Å²) in [5.74, 6) is 0.933. The molecule has 1 unspecified atom stereocenters. The van der Waals surface area contributed by atoms with E-state index in [-0.39, 0.29) is 0 Å². The summed E-state index contributed by atoms with van der Waals surface area (Å²) in [6, 6.07) is 4.33. The van der Waals surface area contributed by atoms with Crippen molar-refractivity contribution in [3.63, 3.8) is 0 Å². The first-order valence-electron chi connectivity index (χ1n) is 5.97. The number of hydrogen-bond donors (Lipinski definition) is 1. The monoisotopic (exact) mass is 254 g/mol. The van der Waals surface area contributed by atoms with Gasteiger partial charge in [-0.05, 0) is 37.9 Å². The van der Waals surface area contributed by atoms with Crippen molar-refractivity contribution < 1.29 is 4.74 Å². The molecule has 0 saturated carbocycles. The molecule has 1 aromatic carbocycles. The third kappa shape index (κ3) is 2.22. The van der Waals surface area contributed by atoms with Crippen molar-refractivity contribution >= 4 is 17.3 Å². The summed E-state index contributed by atoms with van der Waals surface area (Å²) >= 11 is 6.30. The fourth-order valence-electron chi connectivity index (χ4n) is 2.62. The second-order valence-corrected chi connectivity index (χ2v) is 4.86. The Morgan fingerprint density at radius 1 is 1.53 bits per heavy atom. The molecule has 0 bridgehead atoms. The van der Waals surface area contributed by atoms with Crippen LogP contribution in [0.1, 0.15) is 18.4 Å². The van der Waals surface area contributed by atoms with Crippen LogP contribution in [0.4, 0.5) is 5.69 Å². The van der Waals surface area contributed by atoms with Crippen molar-refractivity contribution in [3.05, 3.63) is 22.7 Å². The minimum Gasteiger partial charge on any atom is -0.496 e. The van der Waals surface area contributed by atoms with Gasteiger partial charge in [-0.15, -0.1) is 0 Å². The molecule has 4 heteroatoms. The number of methoxy groups -OCH3 is 1. The first-order chi connectivity index (χ1) is 8.19. The van der Waals surface area contributed by atoms with Crippen LogP contribution in [0.5, 0.6) is 5.75 Å². The maximum Gasteiger partial charge on any atom is 0.124 e. The van der Waals surface area contributed by atoms with Gasteiger partial charge in [0.15, 0.2) is 0 Å². The number of rotatable bonds is 3. The molecule has 1 aliphatic rings. The normalized spacial score (nSPS) is 19.1. The van der Waals surface area contributed by atoms with E-state index in [1.807, 2.05) is 12.1 Å². The first kappa shape index (κ1) is 12.5. The molecule has 1 atom stereocenters. The third-order valence-corrected chi connectivity index (χ3v) is 3.84. The predicted molar refractivity (Wildman–Crippen MR) is 72.2 cm³/mol. The van der Waals surface area contributed by atoms with E-state index in [0.717, 1.165) is 35.7 Å². The fraction of sp³-hybridized carbons (Fsp3) is 0.538. The zero-order valence-electron chi connectivity index (χ0n) is 10.4. The van der Waals surface area contributed by atoms with E-state index >= 15 is 0 Å². The largest absolute Gasteiger partial charge is 0.496 e. The van der Waals surface area contributed by atoms with Crippen molar-refractivity contribution in [2.75, 3.05) is 25.6 Å². The lowest BCUT2D eigenvalue weighted by atomic mass is 9.93. The van der Waals surface area contributed by atoms with Gasteiger partial charge in [-0.25, -0.2) is 0 Å². The maximum atomic E-state index is 6.30. The highest BCUT2D eigenvalue weighted by molar-refractivity contribution is 6.33. The average molecular weight is 255 g/mol. The minimum atomic E-state index is 0.483. The van der Waals surface area contributed by atoms with Gasteiger partial charge < -0.3 is 15.4 Å². The summed E-state index contributed by atoms with van der Waals surface area (Å²) < 4.78 is 5.40. The van der Waals surface area contributed by atoms with Crippen LogP contribution in [0.2, 0.25) is 5.02 Å². The Labute approximate surface area is 107 Å². The SMILES string of the molecule is COc1ccc(Cl)c2c1CCC(CCN)N2C. The van der Waals surface area contributed by atoms with Crippen molar-refractivity contribution in [2.24, 2.45) is 5.73 Å². The molecule has 2 rings (SSSR count). The molecule has 1 aliphatic heterocycles. The van der Waals surface area contributed by atoms with Gasteiger partial charge in [0.05, 0.1) is 17.8 Å². The number of ether oxygens (including phenoxy) is 1. The predicted octanol–water partition coefficient (Wildman–Crippen LogP) is 2.45. The van der Waals surface area contributed by atoms with Gasteiger partial charge in [-0.2, -0.15) is 0 Å². The van der Waals surface area contributed by atoms with Gasteiger partial charge >= 0.3 is 0 Å². The van der Waals surface area contributed by atoms with Crippen molar-refractivity contribution in [1.29, 1.82) is 0 Å². The molecular weight excluding hydrogens is 236 g/mol. The smallest absolute Gasteiger partial charge is 0.124 e. The number of nitrogens with two attached hydrogens (primary N) is 1. The quantitative estimate of drug-likeness (QED) is 0.901. The van der Waals surface area contributed by atoms with Crippen LogP contribution in [0, 0.1) is 0 Å². The number of nitrogens with zero attached hydrogens (tertiary/aromatic N) is 1. The highest BCUT2D eigenvalue weighted by Crippen LogP contribution is 2.41. The van der Waals surface area contributed by atoms with Gasteiger partial charge in [0, 0.05) is 18.7 Å². The Morgan fingerprint density at radius 2 is 2.29 bits per heavy atom. The van der Waals surface area contributed by atoms with Crippen LogP contribution in [0.3, 0.4) is 0 Å². The third-order valence-electron chi connectivity index (χ3n) is 3.54. The van der Waals surface area contributed by atoms with Crippen LogP contribution in [-0.2, 0) is 6.42 Å². The van der Waals surface area contributed by atoms with E-state index in [4.69, 9.17) is 22.1 Å². The van der Waals surface area contributed by atoms with E-state index in [0.29, 0.717) is 12.6 Å². The minimum absolute atomic E-state index is 0.483. The molecule has 0 fully saturated rings. The molecule has 0 radical (unpaired) electrons. The molecule has 94 valence electrons. The van der Waals surface area contributed by atoms with Crippen molar-refractivity contribution in [3.8, 4) is 5.75 Å². The molecule has 0 aromatic heterocycles. The molecule has 1 aromatic rings. The molecule has 17 heavy (non-hydrogen) atoms. The highest BCUT2D eigenvalue weighted by Gasteiger charge is 2.27. The van der Waals surface area contributed by atoms with Crippen LogP contribution in [-0.4, -0.2) is 26.7 Å². The molecule has 3 nitrogen and oxygen atoms in total. The Balaban J connectivity index is 2.41. The summed E-state index contributed by atoms with van der Waals surface area (Å²) in [7, 11) is 3.79. The zero-order chi connectivity index (χ0) is 12.4. The Bertz CT molecular complexity index is 409. The van der Waals surface area contributed by atoms with E-state index in [9.17, 15) is 0 Å². The highest BCUT2D eigenvalue weighted by atomic mass is 35.5. The van der Waals surface area contributed by atoms with Gasteiger partial charge in [-0.1, -0.05) is 11.6 Å². The number of anilines is 1. The number of hydrogen-bond acceptors (Lipinski definition) is 3. The lowest BCUT2D eigenvalue weighted by molar-refractivity contribution is 0.404. The van der Waals surface area contributed by atoms with E-state index in [1.54, 1.807) is 7.11 Å². The van der Waals surface area contributed by atoms with Crippen LogP contribution in [0.25, 0.3) is 0 Å². The van der Waals surface area contributed by atoms with Crippen molar-refractivity contribution in [1.82, 2.24) is 0 Å². The van der Waals surface area contributed by atoms with E-state index in [2.05, 4.69) is 11.9 Å². The summed E-state index contributed by atoms with van der Waals surface area (Å²) in [5, 5.41) is 0.796. The first-order valence-corrected chi connectivity index (χ1v) is 6.35. The molecule has 1 heterocycles. The Hall–Kier alpha value is -0.930. The Morgan fingerprint density at radius 3 is 2.94 bits per heavy atom. The van der Waals surface area contributed by atoms with Gasteiger partial charge in [0.1, 0.15) is 5.75 Å². The standard InChI is InChI=1S/C13H19ClN2O/c1-16-9(7-8-15)3-4-10-12(17-2)6-5-11(14)13(10)16/h5-6,9H,3-4,7-8,15H2,1-2H3. The number of fused-ring (bicyclic) bond motifs is 1. The Kier molecular flexibility index (Phi) is 3.79. The number of benzene rings is 1. The van der Waals surface area contributed by atoms with E-state index in [1.165, 1.54) is 5.56 Å². The second-order valence-electron chi connectivity index (χ2n) is 4.46. The van der Waals surface area contributed by atoms with Gasteiger partial charge in [0.25, 0.3) is 0 Å². The summed E-state index contributed by atoms with van der Waals surface area (Å²) in [6.45, 7) is 0.714. The second kappa shape index (κ2) is 5.15. The summed E-state index contributed by atoms with van der Waals surface area (Å²) in [4.78, 5) is 2.25. The topological polar surface area (TPSA) is 38.5 Å². The molecular formula is C13H19ClN2O.